The molecule has 11 heavy (non-hydrogen) atoms. The molecule has 0 amide bonds. The largest absolute Gasteiger partial charge is 0.432 e. The molecule has 2 N–H and O–H groups in total. The van der Waals surface area contributed by atoms with E-state index in [9.17, 15) is 0 Å². The predicted octanol–water partition coefficient (Wildman–Crippen LogP) is 0.646. The van der Waals surface area contributed by atoms with Crippen molar-refractivity contribution in [3.8, 4) is 0 Å². The van der Waals surface area contributed by atoms with E-state index in [1.54, 1.807) is 11.8 Å². The standard InChI is InChI=1S/C7H8S.BH3O2/c1-8-7-5-3-2-4-6-7;2-1-3/h2-6H,1H3;1-3H. The maximum Gasteiger partial charge on any atom is 0.432 e. The molecule has 2 nitrogen and oxygen atoms in total. The molecule has 1 aromatic carbocycles. The van der Waals surface area contributed by atoms with E-state index in [2.05, 4.69) is 18.4 Å². The van der Waals surface area contributed by atoms with Gasteiger partial charge in [0, 0.05) is 4.90 Å². The molecular formula is C7H11BO2S. The van der Waals surface area contributed by atoms with Crippen molar-refractivity contribution in [3.05, 3.63) is 30.3 Å². The van der Waals surface area contributed by atoms with Crippen molar-refractivity contribution in [1.82, 2.24) is 0 Å². The van der Waals surface area contributed by atoms with Crippen LogP contribution >= 0.6 is 11.8 Å². The Hall–Kier alpha value is -0.445. The summed E-state index contributed by atoms with van der Waals surface area (Å²) >= 11 is 1.77. The molecule has 0 heterocycles. The Morgan fingerprint density at radius 2 is 1.64 bits per heavy atom. The normalized spacial score (nSPS) is 7.91. The Labute approximate surface area is 71.6 Å². The second-order valence-corrected chi connectivity index (χ2v) is 2.54. The Balaban J connectivity index is 0.000000292. The first-order valence-corrected chi connectivity index (χ1v) is 4.38. The highest BCUT2D eigenvalue weighted by molar-refractivity contribution is 7.98. The summed E-state index contributed by atoms with van der Waals surface area (Å²) in [6.07, 6.45) is 2.08. The molecule has 4 heteroatoms. The number of rotatable bonds is 1. The van der Waals surface area contributed by atoms with Gasteiger partial charge in [0.05, 0.1) is 0 Å². The highest BCUT2D eigenvalue weighted by Gasteiger charge is 1.80. The SMILES string of the molecule is CSc1ccccc1.OBO. The molecule has 0 atom stereocenters. The number of benzene rings is 1. The van der Waals surface area contributed by atoms with Crippen LogP contribution in [-0.4, -0.2) is 24.0 Å². The molecule has 60 valence electrons. The van der Waals surface area contributed by atoms with Crippen LogP contribution < -0.4 is 0 Å². The fourth-order valence-corrected chi connectivity index (χ4v) is 0.986. The van der Waals surface area contributed by atoms with Crippen LogP contribution in [0.3, 0.4) is 0 Å². The second kappa shape index (κ2) is 7.66. The zero-order valence-corrected chi connectivity index (χ0v) is 7.21. The first-order chi connectivity index (χ1) is 5.35. The van der Waals surface area contributed by atoms with Crippen LogP contribution in [0.1, 0.15) is 0 Å². The molecule has 0 fully saturated rings. The Morgan fingerprint density at radius 3 is 1.91 bits per heavy atom. The van der Waals surface area contributed by atoms with Crippen molar-refractivity contribution in [2.75, 3.05) is 6.26 Å². The van der Waals surface area contributed by atoms with Crippen LogP contribution in [0.5, 0.6) is 0 Å². The maximum atomic E-state index is 7.12. The molecule has 0 saturated carbocycles. The van der Waals surface area contributed by atoms with Gasteiger partial charge >= 0.3 is 7.69 Å². The minimum absolute atomic E-state index is 0.750. The summed E-state index contributed by atoms with van der Waals surface area (Å²) in [6, 6.07) is 10.3. The summed E-state index contributed by atoms with van der Waals surface area (Å²) in [5.74, 6) is 0. The van der Waals surface area contributed by atoms with Gasteiger partial charge in [-0.2, -0.15) is 0 Å². The lowest BCUT2D eigenvalue weighted by Crippen LogP contribution is -1.75. The summed E-state index contributed by atoms with van der Waals surface area (Å²) < 4.78 is 0. The fourth-order valence-electron chi connectivity index (χ4n) is 0.557. The van der Waals surface area contributed by atoms with Gasteiger partial charge in [-0.3, -0.25) is 0 Å². The molecule has 0 bridgehead atoms. The van der Waals surface area contributed by atoms with Crippen LogP contribution in [0.25, 0.3) is 0 Å². The third-order valence-electron chi connectivity index (χ3n) is 0.979. The molecule has 0 radical (unpaired) electrons. The highest BCUT2D eigenvalue weighted by atomic mass is 32.2. The number of thioether (sulfide) groups is 1. The lowest BCUT2D eigenvalue weighted by molar-refractivity contribution is 0.448. The van der Waals surface area contributed by atoms with Gasteiger partial charge in [0.15, 0.2) is 0 Å². The minimum Gasteiger partial charge on any atom is -0.430 e. The van der Waals surface area contributed by atoms with E-state index in [0.29, 0.717) is 0 Å². The van der Waals surface area contributed by atoms with Crippen LogP contribution in [0.4, 0.5) is 0 Å². The second-order valence-electron chi connectivity index (χ2n) is 1.66. The molecule has 0 unspecified atom stereocenters. The molecule has 0 aliphatic heterocycles. The van der Waals surface area contributed by atoms with Gasteiger partial charge in [-0.05, 0) is 18.4 Å². The van der Waals surface area contributed by atoms with Crippen molar-refractivity contribution in [1.29, 1.82) is 0 Å². The van der Waals surface area contributed by atoms with Crippen molar-refractivity contribution < 1.29 is 10.0 Å². The summed E-state index contributed by atoms with van der Waals surface area (Å²) in [6.45, 7) is 0. The lowest BCUT2D eigenvalue weighted by atomic mass is 10.4. The molecule has 0 aliphatic rings. The zero-order chi connectivity index (χ0) is 8.53. The third kappa shape index (κ3) is 5.97. The van der Waals surface area contributed by atoms with Crippen molar-refractivity contribution in [3.63, 3.8) is 0 Å². The Kier molecular flexibility index (Phi) is 7.35. The van der Waals surface area contributed by atoms with Crippen molar-refractivity contribution in [2.24, 2.45) is 0 Å². The summed E-state index contributed by atoms with van der Waals surface area (Å²) in [5.41, 5.74) is 0. The lowest BCUT2D eigenvalue weighted by Gasteiger charge is -1.89. The zero-order valence-electron chi connectivity index (χ0n) is 6.40. The van der Waals surface area contributed by atoms with Crippen molar-refractivity contribution in [2.45, 2.75) is 4.90 Å². The molecular weight excluding hydrogens is 159 g/mol. The van der Waals surface area contributed by atoms with E-state index >= 15 is 0 Å². The van der Waals surface area contributed by atoms with Crippen LogP contribution in [-0.2, 0) is 0 Å². The summed E-state index contributed by atoms with van der Waals surface area (Å²) in [7, 11) is -0.750. The average molecular weight is 170 g/mol. The fraction of sp³-hybridized carbons (Fsp3) is 0.143. The van der Waals surface area contributed by atoms with Gasteiger partial charge in [-0.15, -0.1) is 11.8 Å². The van der Waals surface area contributed by atoms with E-state index in [1.165, 1.54) is 4.90 Å². The topological polar surface area (TPSA) is 40.5 Å². The Morgan fingerprint density at radius 1 is 1.18 bits per heavy atom. The summed E-state index contributed by atoms with van der Waals surface area (Å²) in [4.78, 5) is 1.33. The smallest absolute Gasteiger partial charge is 0.430 e. The molecule has 0 saturated heterocycles. The molecule has 0 spiro atoms. The number of hydrogen-bond acceptors (Lipinski definition) is 3. The van der Waals surface area contributed by atoms with Gasteiger partial charge in [0.1, 0.15) is 0 Å². The van der Waals surface area contributed by atoms with Gasteiger partial charge in [0.25, 0.3) is 0 Å². The van der Waals surface area contributed by atoms with E-state index in [-0.39, 0.29) is 0 Å². The highest BCUT2D eigenvalue weighted by Crippen LogP contribution is 2.11. The van der Waals surface area contributed by atoms with Crippen molar-refractivity contribution >= 4 is 19.4 Å². The maximum absolute atomic E-state index is 7.12. The molecule has 0 aromatic heterocycles. The van der Waals surface area contributed by atoms with Gasteiger partial charge in [-0.25, -0.2) is 0 Å². The predicted molar refractivity (Wildman–Crippen MR) is 49.8 cm³/mol. The van der Waals surface area contributed by atoms with E-state index in [0.717, 1.165) is 0 Å². The molecule has 1 aromatic rings. The van der Waals surface area contributed by atoms with Gasteiger partial charge < -0.3 is 10.0 Å². The van der Waals surface area contributed by atoms with Gasteiger partial charge in [-0.1, -0.05) is 18.2 Å². The summed E-state index contributed by atoms with van der Waals surface area (Å²) in [5, 5.41) is 14.2. The first-order valence-electron chi connectivity index (χ1n) is 3.16. The molecule has 1 rings (SSSR count). The minimum atomic E-state index is -0.750. The van der Waals surface area contributed by atoms with Crippen LogP contribution in [0.2, 0.25) is 0 Å². The van der Waals surface area contributed by atoms with E-state index < -0.39 is 7.69 Å². The van der Waals surface area contributed by atoms with Crippen LogP contribution in [0, 0.1) is 0 Å². The van der Waals surface area contributed by atoms with E-state index in [4.69, 9.17) is 10.0 Å². The Bertz CT molecular complexity index is 169. The molecule has 0 aliphatic carbocycles. The number of hydrogen-bond donors (Lipinski definition) is 2. The monoisotopic (exact) mass is 170 g/mol. The first kappa shape index (κ1) is 10.6. The van der Waals surface area contributed by atoms with Gasteiger partial charge in [0.2, 0.25) is 0 Å². The van der Waals surface area contributed by atoms with E-state index in [1.807, 2.05) is 18.2 Å². The third-order valence-corrected chi connectivity index (χ3v) is 1.72. The quantitative estimate of drug-likeness (QED) is 0.480. The van der Waals surface area contributed by atoms with Crippen LogP contribution in [0.15, 0.2) is 35.2 Å². The average Bonchev–Trinajstić information content (AvgIpc) is 2.08.